The molecule has 0 spiro atoms. The number of rotatable bonds is 6. The van der Waals surface area contributed by atoms with E-state index < -0.39 is 6.10 Å². The molecule has 1 N–H and O–H groups in total. The highest BCUT2D eigenvalue weighted by molar-refractivity contribution is 5.18. The van der Waals surface area contributed by atoms with Gasteiger partial charge in [0.15, 0.2) is 0 Å². The summed E-state index contributed by atoms with van der Waals surface area (Å²) >= 11 is 0. The van der Waals surface area contributed by atoms with Gasteiger partial charge in [-0.25, -0.2) is 0 Å². The summed E-state index contributed by atoms with van der Waals surface area (Å²) in [7, 11) is 0. The van der Waals surface area contributed by atoms with Gasteiger partial charge >= 0.3 is 0 Å². The molecule has 0 aliphatic rings. The van der Waals surface area contributed by atoms with Gasteiger partial charge in [-0.1, -0.05) is 58.0 Å². The van der Waals surface area contributed by atoms with Gasteiger partial charge in [-0.05, 0) is 17.4 Å². The van der Waals surface area contributed by atoms with Crippen molar-refractivity contribution in [3.63, 3.8) is 0 Å². The first-order valence-corrected chi connectivity index (χ1v) is 6.37. The molecular weight excluding hydrogens is 212 g/mol. The van der Waals surface area contributed by atoms with Crippen LogP contribution in [0.3, 0.4) is 0 Å². The molecule has 2 unspecified atom stereocenters. The molecule has 0 amide bonds. The third-order valence-corrected chi connectivity index (χ3v) is 2.73. The molecule has 0 heterocycles. The molecule has 1 aromatic rings. The number of hydrogen-bond acceptors (Lipinski definition) is 2. The molecule has 2 atom stereocenters. The van der Waals surface area contributed by atoms with E-state index in [0.717, 1.165) is 5.56 Å². The fraction of sp³-hybridized carbons (Fsp3) is 0.600. The molecule has 0 saturated carbocycles. The molecule has 0 bridgehead atoms. The van der Waals surface area contributed by atoms with Gasteiger partial charge in [-0.2, -0.15) is 0 Å². The SMILES string of the molecule is CC(C)COC(C(C)C)C(O)c1ccccc1. The van der Waals surface area contributed by atoms with Gasteiger partial charge < -0.3 is 9.84 Å². The van der Waals surface area contributed by atoms with Crippen LogP contribution in [-0.2, 0) is 4.74 Å². The minimum atomic E-state index is -0.546. The second kappa shape index (κ2) is 6.77. The highest BCUT2D eigenvalue weighted by atomic mass is 16.5. The molecule has 0 fully saturated rings. The summed E-state index contributed by atoms with van der Waals surface area (Å²) in [5.74, 6) is 0.781. The predicted octanol–water partition coefficient (Wildman–Crippen LogP) is 3.42. The summed E-state index contributed by atoms with van der Waals surface area (Å²) in [5, 5.41) is 10.3. The van der Waals surface area contributed by atoms with Crippen LogP contribution in [0, 0.1) is 11.8 Å². The molecule has 17 heavy (non-hydrogen) atoms. The number of ether oxygens (including phenoxy) is 1. The second-order valence-corrected chi connectivity index (χ2v) is 5.29. The van der Waals surface area contributed by atoms with Crippen molar-refractivity contribution in [2.24, 2.45) is 11.8 Å². The summed E-state index contributed by atoms with van der Waals surface area (Å²) in [5.41, 5.74) is 0.926. The summed E-state index contributed by atoms with van der Waals surface area (Å²) in [4.78, 5) is 0. The first-order chi connectivity index (χ1) is 8.02. The maximum Gasteiger partial charge on any atom is 0.105 e. The molecule has 1 aromatic carbocycles. The fourth-order valence-electron chi connectivity index (χ4n) is 1.79. The third-order valence-electron chi connectivity index (χ3n) is 2.73. The lowest BCUT2D eigenvalue weighted by Crippen LogP contribution is -2.29. The van der Waals surface area contributed by atoms with Crippen LogP contribution < -0.4 is 0 Å². The van der Waals surface area contributed by atoms with Gasteiger partial charge in [0.2, 0.25) is 0 Å². The molecule has 96 valence electrons. The number of hydrogen-bond donors (Lipinski definition) is 1. The van der Waals surface area contributed by atoms with E-state index in [1.54, 1.807) is 0 Å². The van der Waals surface area contributed by atoms with Gasteiger partial charge in [0, 0.05) is 6.61 Å². The fourth-order valence-corrected chi connectivity index (χ4v) is 1.79. The van der Waals surface area contributed by atoms with Crippen molar-refractivity contribution in [3.05, 3.63) is 35.9 Å². The van der Waals surface area contributed by atoms with Crippen molar-refractivity contribution >= 4 is 0 Å². The van der Waals surface area contributed by atoms with Crippen molar-refractivity contribution in [1.82, 2.24) is 0 Å². The normalized spacial score (nSPS) is 15.2. The maximum atomic E-state index is 10.3. The molecule has 0 radical (unpaired) electrons. The Labute approximate surface area is 105 Å². The molecule has 0 aliphatic heterocycles. The Bertz CT molecular complexity index is 306. The van der Waals surface area contributed by atoms with E-state index in [4.69, 9.17) is 4.74 Å². The van der Waals surface area contributed by atoms with E-state index in [1.807, 2.05) is 30.3 Å². The summed E-state index contributed by atoms with van der Waals surface area (Å²) in [6, 6.07) is 9.73. The number of benzene rings is 1. The van der Waals surface area contributed by atoms with Gasteiger partial charge in [0.05, 0.1) is 6.10 Å². The molecule has 0 aromatic heterocycles. The van der Waals surface area contributed by atoms with Crippen LogP contribution >= 0.6 is 0 Å². The molecule has 0 aliphatic carbocycles. The Balaban J connectivity index is 2.70. The minimum absolute atomic E-state index is 0.139. The van der Waals surface area contributed by atoms with Gasteiger partial charge in [-0.3, -0.25) is 0 Å². The topological polar surface area (TPSA) is 29.5 Å². The highest BCUT2D eigenvalue weighted by Crippen LogP contribution is 2.24. The van der Waals surface area contributed by atoms with Gasteiger partial charge in [0.1, 0.15) is 6.10 Å². The van der Waals surface area contributed by atoms with Crippen molar-refractivity contribution < 1.29 is 9.84 Å². The zero-order valence-electron chi connectivity index (χ0n) is 11.3. The standard InChI is InChI=1S/C15H24O2/c1-11(2)10-17-15(12(3)4)14(16)13-8-6-5-7-9-13/h5-9,11-12,14-16H,10H2,1-4H3. The van der Waals surface area contributed by atoms with Crippen LogP contribution in [0.15, 0.2) is 30.3 Å². The average Bonchev–Trinajstić information content (AvgIpc) is 2.29. The first kappa shape index (κ1) is 14.2. The van der Waals surface area contributed by atoms with E-state index in [0.29, 0.717) is 18.4 Å². The molecule has 1 rings (SSSR count). The summed E-state index contributed by atoms with van der Waals surface area (Å²) < 4.78 is 5.83. The Kier molecular flexibility index (Phi) is 5.66. The van der Waals surface area contributed by atoms with E-state index in [1.165, 1.54) is 0 Å². The monoisotopic (exact) mass is 236 g/mol. The van der Waals surface area contributed by atoms with Crippen molar-refractivity contribution in [1.29, 1.82) is 0 Å². The van der Waals surface area contributed by atoms with Gasteiger partial charge in [-0.15, -0.1) is 0 Å². The van der Waals surface area contributed by atoms with Crippen LogP contribution in [0.25, 0.3) is 0 Å². The second-order valence-electron chi connectivity index (χ2n) is 5.29. The zero-order valence-corrected chi connectivity index (χ0v) is 11.3. The number of aliphatic hydroxyl groups is 1. The van der Waals surface area contributed by atoms with Crippen LogP contribution in [0.2, 0.25) is 0 Å². The molecular formula is C15H24O2. The lowest BCUT2D eigenvalue weighted by atomic mass is 9.96. The summed E-state index contributed by atoms with van der Waals surface area (Å²) in [6.07, 6.45) is -0.685. The lowest BCUT2D eigenvalue weighted by Gasteiger charge is -2.27. The van der Waals surface area contributed by atoms with E-state index >= 15 is 0 Å². The van der Waals surface area contributed by atoms with E-state index in [-0.39, 0.29) is 6.10 Å². The van der Waals surface area contributed by atoms with E-state index in [9.17, 15) is 5.11 Å². The van der Waals surface area contributed by atoms with Crippen LogP contribution in [0.1, 0.15) is 39.4 Å². The highest BCUT2D eigenvalue weighted by Gasteiger charge is 2.24. The Morgan fingerprint density at radius 2 is 1.65 bits per heavy atom. The molecule has 2 heteroatoms. The zero-order chi connectivity index (χ0) is 12.8. The molecule has 2 nitrogen and oxygen atoms in total. The number of aliphatic hydroxyl groups excluding tert-OH is 1. The predicted molar refractivity (Wildman–Crippen MR) is 70.8 cm³/mol. The summed E-state index contributed by atoms with van der Waals surface area (Å²) in [6.45, 7) is 9.08. The van der Waals surface area contributed by atoms with Crippen LogP contribution in [0.4, 0.5) is 0 Å². The lowest BCUT2D eigenvalue weighted by molar-refractivity contribution is -0.0709. The Hall–Kier alpha value is -0.860. The van der Waals surface area contributed by atoms with Crippen molar-refractivity contribution in [3.8, 4) is 0 Å². The largest absolute Gasteiger partial charge is 0.386 e. The quantitative estimate of drug-likeness (QED) is 0.820. The first-order valence-electron chi connectivity index (χ1n) is 6.37. The maximum absolute atomic E-state index is 10.3. The third kappa shape index (κ3) is 4.49. The van der Waals surface area contributed by atoms with Gasteiger partial charge in [0.25, 0.3) is 0 Å². The van der Waals surface area contributed by atoms with Crippen LogP contribution in [-0.4, -0.2) is 17.8 Å². The van der Waals surface area contributed by atoms with Crippen molar-refractivity contribution in [2.45, 2.75) is 39.9 Å². The minimum Gasteiger partial charge on any atom is -0.386 e. The Morgan fingerprint density at radius 3 is 2.12 bits per heavy atom. The smallest absolute Gasteiger partial charge is 0.105 e. The van der Waals surface area contributed by atoms with Crippen molar-refractivity contribution in [2.75, 3.05) is 6.61 Å². The average molecular weight is 236 g/mol. The molecule has 0 saturated heterocycles. The van der Waals surface area contributed by atoms with Crippen LogP contribution in [0.5, 0.6) is 0 Å². The van der Waals surface area contributed by atoms with E-state index in [2.05, 4.69) is 27.7 Å². The Morgan fingerprint density at radius 1 is 1.06 bits per heavy atom.